The molecule has 0 amide bonds. The summed E-state index contributed by atoms with van der Waals surface area (Å²) in [5.41, 5.74) is 0. The number of rotatable bonds is 16. The average Bonchev–Trinajstić information content (AvgIpc) is 2.86. The minimum absolute atomic E-state index is 0. The number of hydrogen-bond acceptors (Lipinski definition) is 16. The molecule has 0 saturated heterocycles. The van der Waals surface area contributed by atoms with Crippen LogP contribution in [0, 0.1) is 0 Å². The van der Waals surface area contributed by atoms with Gasteiger partial charge >= 0.3 is 118 Å². The van der Waals surface area contributed by atoms with Gasteiger partial charge in [-0.1, -0.05) is 57.7 Å². The topological polar surface area (TPSA) is 265 Å². The molecule has 0 saturated carbocycles. The van der Waals surface area contributed by atoms with Gasteiger partial charge in [-0.3, -0.25) is 0 Å². The van der Waals surface area contributed by atoms with Gasteiger partial charge in [0, 0.05) is 0 Å². The Hall–Kier alpha value is 0.487. The second-order valence-corrected chi connectivity index (χ2v) is 85.0. The molecular weight excluding hydrogens is 878 g/mol. The highest BCUT2D eigenvalue weighted by Gasteiger charge is 2.52. The summed E-state index contributed by atoms with van der Waals surface area (Å²) in [6.45, 7) is 9.76. The van der Waals surface area contributed by atoms with E-state index in [-0.39, 0.29) is 44.6 Å². The summed E-state index contributed by atoms with van der Waals surface area (Å²) in [4.78, 5) is 0. The lowest BCUT2D eigenvalue weighted by Gasteiger charge is -2.16. The van der Waals surface area contributed by atoms with E-state index in [9.17, 15) is 66.9 Å². The fourth-order valence-electron chi connectivity index (χ4n) is 1.74. The maximum atomic E-state index is 12.0. The molecule has 0 radical (unpaired) electrons. The van der Waals surface area contributed by atoms with Crippen molar-refractivity contribution in [3.63, 3.8) is 0 Å². The predicted octanol–water partition coefficient (Wildman–Crippen LogP) is -1.54. The quantitative estimate of drug-likeness (QED) is 0.159. The van der Waals surface area contributed by atoms with Gasteiger partial charge in [0.2, 0.25) is 8.32 Å². The Morgan fingerprint density at radius 2 is 0.778 bits per heavy atom. The molecule has 256 valence electrons. The van der Waals surface area contributed by atoms with Gasteiger partial charge in [0.25, 0.3) is 0 Å². The molecule has 0 aromatic rings. The van der Waals surface area contributed by atoms with Crippen LogP contribution in [0.25, 0.3) is 0 Å². The summed E-state index contributed by atoms with van der Waals surface area (Å²) < 4.78 is 178. The SMILES string of the molecule is C.C.C.C.C.C.C[Si](=O)[Si](=O)[Si](=O)[Si](=O)[SiH](C)C.C[Si](C)(C)O[Si](=O)[Si](=O)[Si](=O)[Si](=O)[Si](=O)[Si](=O)[Si](=O)[Si](=O)[Si](=O)[Si](=O)[SiH]=O. The third kappa shape index (κ3) is 22.7. The van der Waals surface area contributed by atoms with Crippen LogP contribution in [0.1, 0.15) is 44.6 Å². The lowest BCUT2D eigenvalue weighted by Crippen LogP contribution is -2.53. The second kappa shape index (κ2) is 29.4. The van der Waals surface area contributed by atoms with Gasteiger partial charge in [-0.25, -0.2) is 0 Å². The minimum atomic E-state index is -3.87. The first kappa shape index (κ1) is 64.1. The van der Waals surface area contributed by atoms with E-state index in [2.05, 4.69) is 0 Å². The van der Waals surface area contributed by atoms with Gasteiger partial charge in [0.15, 0.2) is 0 Å². The normalized spacial score (nSPS) is 8.69. The first-order valence-corrected chi connectivity index (χ1v) is 52.2. The molecule has 0 aliphatic heterocycles. The molecule has 0 aliphatic carbocycles. The highest BCUT2D eigenvalue weighted by molar-refractivity contribution is 7.77. The molecule has 0 bridgehead atoms. The van der Waals surface area contributed by atoms with Crippen molar-refractivity contribution in [3.8, 4) is 0 Å². The van der Waals surface area contributed by atoms with Gasteiger partial charge in [-0.05, 0) is 26.2 Å². The molecule has 0 aliphatic rings. The largest absolute Gasteiger partial charge is 0.578 e. The molecule has 16 nitrogen and oxygen atoms in total. The molecule has 45 heavy (non-hydrogen) atoms. The van der Waals surface area contributed by atoms with Crippen molar-refractivity contribution in [3.05, 3.63) is 0 Å². The summed E-state index contributed by atoms with van der Waals surface area (Å²) in [6.07, 6.45) is 0. The Balaban J connectivity index is -0.000000110. The Labute approximate surface area is 287 Å². The average molecular weight is 922 g/mol. The van der Waals surface area contributed by atoms with E-state index in [1.807, 2.05) is 13.1 Å². The predicted molar refractivity (Wildman–Crippen MR) is 188 cm³/mol. The van der Waals surface area contributed by atoms with Gasteiger partial charge in [0.1, 0.15) is 0 Å². The monoisotopic (exact) mass is 920 g/mol. The lowest BCUT2D eigenvalue weighted by atomic mass is 11.8. The van der Waals surface area contributed by atoms with Crippen LogP contribution >= 0.6 is 0 Å². The van der Waals surface area contributed by atoms with E-state index in [1.165, 1.54) is 6.55 Å². The summed E-state index contributed by atoms with van der Waals surface area (Å²) in [5, 5.41) is 0. The zero-order valence-corrected chi connectivity index (χ0v) is 38.5. The van der Waals surface area contributed by atoms with Gasteiger partial charge in [0.05, 0.1) is 8.31 Å². The minimum Gasteiger partial charge on any atom is -0.578 e. The molecule has 0 atom stereocenters. The molecule has 0 heterocycles. The van der Waals surface area contributed by atoms with Crippen LogP contribution in [0.4, 0.5) is 0 Å². The zero-order valence-electron chi connectivity index (χ0n) is 21.2. The third-order valence-corrected chi connectivity index (χ3v) is 110. The van der Waals surface area contributed by atoms with E-state index in [1.54, 1.807) is 19.6 Å². The zero-order chi connectivity index (χ0) is 31.6. The van der Waals surface area contributed by atoms with Crippen LogP contribution in [-0.4, -0.2) is 135 Å². The Kier molecular flexibility index (Phi) is 41.9. The Morgan fingerprint density at radius 1 is 0.489 bits per heavy atom. The molecule has 0 aromatic heterocycles. The molecule has 0 N–H and O–H groups in total. The molecule has 0 fully saturated rings. The summed E-state index contributed by atoms with van der Waals surface area (Å²) >= 11 is 0. The molecule has 0 rings (SSSR count). The molecule has 0 unspecified atom stereocenters. The second-order valence-electron chi connectivity index (χ2n) is 8.35. The highest BCUT2D eigenvalue weighted by atomic mass is 30.1. The highest BCUT2D eigenvalue weighted by Crippen LogP contribution is 2.02. The van der Waals surface area contributed by atoms with E-state index < -0.39 is 135 Å². The van der Waals surface area contributed by atoms with Crippen LogP contribution in [0.2, 0.25) is 39.3 Å². The van der Waals surface area contributed by atoms with Gasteiger partial charge < -0.3 is 71.0 Å². The Bertz CT molecular complexity index is 1280. The first-order valence-electron chi connectivity index (χ1n) is 10.2. The third-order valence-electron chi connectivity index (χ3n) is 3.63. The molecule has 33 heteroatoms. The first-order chi connectivity index (χ1) is 17.5. The van der Waals surface area contributed by atoms with Crippen molar-refractivity contribution >= 4 is 135 Å². The molecule has 0 spiro atoms. The van der Waals surface area contributed by atoms with Crippen molar-refractivity contribution in [1.29, 1.82) is 0 Å². The van der Waals surface area contributed by atoms with E-state index >= 15 is 0 Å². The van der Waals surface area contributed by atoms with Crippen molar-refractivity contribution in [2.24, 2.45) is 0 Å². The van der Waals surface area contributed by atoms with Gasteiger partial charge in [-0.2, -0.15) is 0 Å². The van der Waals surface area contributed by atoms with Crippen LogP contribution in [0.5, 0.6) is 0 Å². The van der Waals surface area contributed by atoms with Crippen LogP contribution in [0.15, 0.2) is 0 Å². The van der Waals surface area contributed by atoms with Crippen LogP contribution in [-0.2, 0) is 71.0 Å². The van der Waals surface area contributed by atoms with Crippen LogP contribution < -0.4 is 0 Å². The van der Waals surface area contributed by atoms with E-state index in [4.69, 9.17) is 4.12 Å². The molecule has 0 aromatic carbocycles. The molecular formula is C12H44O16Si17. The lowest BCUT2D eigenvalue weighted by molar-refractivity contribution is 0.462. The van der Waals surface area contributed by atoms with Crippen molar-refractivity contribution in [2.75, 3.05) is 0 Å². The van der Waals surface area contributed by atoms with Crippen molar-refractivity contribution in [2.45, 2.75) is 83.8 Å². The maximum absolute atomic E-state index is 12.0. The summed E-state index contributed by atoms with van der Waals surface area (Å²) in [6, 6.07) is 0. The van der Waals surface area contributed by atoms with E-state index in [0.29, 0.717) is 0 Å². The standard InChI is InChI=1S/C3H10O12Si12.C3H10O4Si5.6CH4/c1-27(2,3)15-17(5)19(7)21(9)23(11)25(13)26(14)24(12)22(10)20(8)18(6)16-4;1-8(2)10(5)12(7)11(6)9(3)4;;;;;;/h16H,1-3H3;8H,1-3H3;6*1H4. The summed E-state index contributed by atoms with van der Waals surface area (Å²) in [7, 11) is -51.7. The fraction of sp³-hybridized carbons (Fsp3) is 1.00. The number of hydrogen-bond donors (Lipinski definition) is 0. The van der Waals surface area contributed by atoms with Crippen molar-refractivity contribution < 1.29 is 71.0 Å². The Morgan fingerprint density at radius 3 is 1.02 bits per heavy atom. The van der Waals surface area contributed by atoms with E-state index in [0.717, 1.165) is 0 Å². The van der Waals surface area contributed by atoms with Crippen molar-refractivity contribution in [1.82, 2.24) is 0 Å². The smallest absolute Gasteiger partial charge is 0.532 e. The summed E-state index contributed by atoms with van der Waals surface area (Å²) in [5.74, 6) is 0. The fourth-order valence-corrected chi connectivity index (χ4v) is 141. The van der Waals surface area contributed by atoms with Crippen LogP contribution in [0.3, 0.4) is 0 Å². The maximum Gasteiger partial charge on any atom is 0.532 e. The van der Waals surface area contributed by atoms with Gasteiger partial charge in [-0.15, -0.1) is 0 Å².